The van der Waals surface area contributed by atoms with Crippen LogP contribution < -0.4 is 19.5 Å². The van der Waals surface area contributed by atoms with E-state index in [9.17, 15) is 17.6 Å². The van der Waals surface area contributed by atoms with E-state index in [1.54, 1.807) is 11.1 Å². The number of hydrogen-bond donors (Lipinski definition) is 0. The van der Waals surface area contributed by atoms with Gasteiger partial charge in [0.15, 0.2) is 17.4 Å². The standard InChI is InChI=1S/C19H12F4N2OS/c1-10-9-27-15-8-25(12-4-2-11(20)3-5-12)19(24-18(10)15)26-14-7-6-13(21)16(22)17(14)23/h2-9,19H,1H3. The Morgan fingerprint density at radius 3 is 2.48 bits per heavy atom. The van der Waals surface area contributed by atoms with E-state index in [4.69, 9.17) is 4.74 Å². The van der Waals surface area contributed by atoms with Crippen LogP contribution in [0.15, 0.2) is 46.8 Å². The fourth-order valence-electron chi connectivity index (χ4n) is 2.69. The molecule has 4 rings (SSSR count). The van der Waals surface area contributed by atoms with Crippen LogP contribution in [0.3, 0.4) is 0 Å². The van der Waals surface area contributed by atoms with E-state index in [1.807, 2.05) is 12.3 Å². The van der Waals surface area contributed by atoms with E-state index in [-0.39, 0.29) is 0 Å². The van der Waals surface area contributed by atoms with Gasteiger partial charge in [-0.3, -0.25) is 4.90 Å². The summed E-state index contributed by atoms with van der Waals surface area (Å²) in [4.78, 5) is 6.05. The highest BCUT2D eigenvalue weighted by Crippen LogP contribution is 2.27. The number of anilines is 1. The summed E-state index contributed by atoms with van der Waals surface area (Å²) in [5.41, 5.74) is 1.45. The van der Waals surface area contributed by atoms with Gasteiger partial charge in [-0.05, 0) is 54.3 Å². The Balaban J connectivity index is 1.80. The van der Waals surface area contributed by atoms with E-state index in [0.717, 1.165) is 22.2 Å². The summed E-state index contributed by atoms with van der Waals surface area (Å²) >= 11 is 1.47. The Labute approximate surface area is 155 Å². The quantitative estimate of drug-likeness (QED) is 0.500. The van der Waals surface area contributed by atoms with Crippen molar-refractivity contribution in [2.75, 3.05) is 4.90 Å². The lowest BCUT2D eigenvalue weighted by Crippen LogP contribution is -2.44. The molecule has 3 nitrogen and oxygen atoms in total. The number of rotatable bonds is 3. The van der Waals surface area contributed by atoms with Crippen LogP contribution in [0.25, 0.3) is 6.20 Å². The molecule has 1 aliphatic rings. The predicted octanol–water partition coefficient (Wildman–Crippen LogP) is 3.85. The summed E-state index contributed by atoms with van der Waals surface area (Å²) < 4.78 is 60.5. The molecule has 0 saturated carbocycles. The zero-order chi connectivity index (χ0) is 19.1. The van der Waals surface area contributed by atoms with Crippen molar-refractivity contribution in [2.45, 2.75) is 13.3 Å². The molecule has 2 heterocycles. The predicted molar refractivity (Wildman–Crippen MR) is 93.9 cm³/mol. The molecule has 1 aliphatic heterocycles. The van der Waals surface area contributed by atoms with Crippen molar-refractivity contribution in [3.8, 4) is 5.75 Å². The Morgan fingerprint density at radius 1 is 1.00 bits per heavy atom. The first kappa shape index (κ1) is 17.5. The van der Waals surface area contributed by atoms with Gasteiger partial charge < -0.3 is 4.74 Å². The molecule has 1 atom stereocenters. The molecule has 27 heavy (non-hydrogen) atoms. The summed E-state index contributed by atoms with van der Waals surface area (Å²) in [6.45, 7) is 1.87. The van der Waals surface area contributed by atoms with Gasteiger partial charge in [0.1, 0.15) is 5.82 Å². The van der Waals surface area contributed by atoms with Crippen molar-refractivity contribution in [1.29, 1.82) is 0 Å². The molecule has 138 valence electrons. The van der Waals surface area contributed by atoms with E-state index in [0.29, 0.717) is 11.0 Å². The fourth-order valence-corrected chi connectivity index (χ4v) is 3.60. The molecule has 0 N–H and O–H groups in total. The van der Waals surface area contributed by atoms with Gasteiger partial charge in [0.25, 0.3) is 6.35 Å². The minimum Gasteiger partial charge on any atom is -0.447 e. The molecular weight excluding hydrogens is 380 g/mol. The molecule has 0 fully saturated rings. The molecule has 0 bridgehead atoms. The number of ether oxygens (including phenoxy) is 1. The zero-order valence-corrected chi connectivity index (χ0v) is 14.7. The third-order valence-corrected chi connectivity index (χ3v) is 5.08. The van der Waals surface area contributed by atoms with Gasteiger partial charge in [0.05, 0.1) is 9.89 Å². The van der Waals surface area contributed by atoms with Crippen LogP contribution in [0.4, 0.5) is 23.2 Å². The molecule has 3 aromatic rings. The maximum absolute atomic E-state index is 14.1. The zero-order valence-electron chi connectivity index (χ0n) is 13.9. The Kier molecular flexibility index (Phi) is 4.35. The summed E-state index contributed by atoms with van der Waals surface area (Å²) in [7, 11) is 0. The van der Waals surface area contributed by atoms with Crippen molar-refractivity contribution < 1.29 is 22.3 Å². The Morgan fingerprint density at radius 2 is 1.74 bits per heavy atom. The van der Waals surface area contributed by atoms with Gasteiger partial charge in [-0.15, -0.1) is 11.3 Å². The lowest BCUT2D eigenvalue weighted by molar-refractivity contribution is 0.200. The average Bonchev–Trinajstić information content (AvgIpc) is 3.02. The van der Waals surface area contributed by atoms with Crippen molar-refractivity contribution in [3.05, 3.63) is 80.5 Å². The van der Waals surface area contributed by atoms with Crippen LogP contribution in [0.1, 0.15) is 5.56 Å². The first-order chi connectivity index (χ1) is 12.9. The van der Waals surface area contributed by atoms with Crippen LogP contribution in [0.5, 0.6) is 5.75 Å². The normalized spacial score (nSPS) is 15.7. The Bertz CT molecular complexity index is 1130. The van der Waals surface area contributed by atoms with Gasteiger partial charge in [0.2, 0.25) is 5.82 Å². The van der Waals surface area contributed by atoms with Gasteiger partial charge in [-0.2, -0.15) is 4.39 Å². The van der Waals surface area contributed by atoms with Crippen molar-refractivity contribution in [3.63, 3.8) is 0 Å². The minimum absolute atomic E-state index is 0.413. The van der Waals surface area contributed by atoms with Gasteiger partial charge in [-0.1, -0.05) is 0 Å². The second-order valence-electron chi connectivity index (χ2n) is 5.89. The minimum atomic E-state index is -1.62. The molecule has 0 saturated heterocycles. The number of benzene rings is 2. The fraction of sp³-hybridized carbons (Fsp3) is 0.105. The lowest BCUT2D eigenvalue weighted by atomic mass is 10.2. The number of nitrogens with zero attached hydrogens (tertiary/aromatic N) is 2. The van der Waals surface area contributed by atoms with E-state index >= 15 is 0 Å². The highest BCUT2D eigenvalue weighted by molar-refractivity contribution is 7.07. The maximum atomic E-state index is 14.1. The van der Waals surface area contributed by atoms with Crippen LogP contribution in [-0.4, -0.2) is 6.35 Å². The molecule has 0 radical (unpaired) electrons. The third kappa shape index (κ3) is 3.16. The molecular formula is C19H12F4N2OS. The lowest BCUT2D eigenvalue weighted by Gasteiger charge is -2.29. The molecule has 1 unspecified atom stereocenters. The molecule has 8 heteroatoms. The number of hydrogen-bond acceptors (Lipinski definition) is 4. The monoisotopic (exact) mass is 392 g/mol. The number of halogens is 4. The topological polar surface area (TPSA) is 24.8 Å². The summed E-state index contributed by atoms with van der Waals surface area (Å²) in [6, 6.07) is 7.36. The van der Waals surface area contributed by atoms with Crippen LogP contribution in [0, 0.1) is 30.2 Å². The number of fused-ring (bicyclic) bond motifs is 1. The average molecular weight is 392 g/mol. The maximum Gasteiger partial charge on any atom is 0.275 e. The smallest absolute Gasteiger partial charge is 0.275 e. The van der Waals surface area contributed by atoms with E-state index in [2.05, 4.69) is 4.99 Å². The van der Waals surface area contributed by atoms with Crippen molar-refractivity contribution in [1.82, 2.24) is 0 Å². The van der Waals surface area contributed by atoms with Gasteiger partial charge >= 0.3 is 0 Å². The molecule has 0 amide bonds. The van der Waals surface area contributed by atoms with Crippen LogP contribution in [-0.2, 0) is 0 Å². The van der Waals surface area contributed by atoms with Gasteiger partial charge in [0, 0.05) is 11.9 Å². The summed E-state index contributed by atoms with van der Waals surface area (Å²) in [6.07, 6.45) is 0.672. The van der Waals surface area contributed by atoms with E-state index < -0.39 is 35.4 Å². The second-order valence-corrected chi connectivity index (χ2v) is 6.80. The molecule has 0 spiro atoms. The molecule has 0 aliphatic carbocycles. The highest BCUT2D eigenvalue weighted by Gasteiger charge is 2.25. The highest BCUT2D eigenvalue weighted by atomic mass is 32.1. The Hall–Kier alpha value is -2.87. The first-order valence-corrected chi connectivity index (χ1v) is 8.80. The summed E-state index contributed by atoms with van der Waals surface area (Å²) in [5.74, 6) is -5.24. The second kappa shape index (κ2) is 6.70. The molecule has 1 aromatic heterocycles. The van der Waals surface area contributed by atoms with Gasteiger partial charge in [-0.25, -0.2) is 18.2 Å². The van der Waals surface area contributed by atoms with Crippen LogP contribution >= 0.6 is 11.3 Å². The SMILES string of the molecule is Cc1csc2c1=NC(Oc1ccc(F)c(F)c1F)N(c1ccc(F)cc1)C=2. The van der Waals surface area contributed by atoms with E-state index in [1.165, 1.54) is 35.6 Å². The van der Waals surface area contributed by atoms with Crippen molar-refractivity contribution in [2.24, 2.45) is 4.99 Å². The number of thiophene rings is 1. The summed E-state index contributed by atoms with van der Waals surface area (Å²) in [5, 5.41) is 2.58. The van der Waals surface area contributed by atoms with Crippen molar-refractivity contribution >= 4 is 23.2 Å². The first-order valence-electron chi connectivity index (χ1n) is 7.92. The number of aryl methyl sites for hydroxylation is 1. The van der Waals surface area contributed by atoms with Crippen LogP contribution in [0.2, 0.25) is 0 Å². The largest absolute Gasteiger partial charge is 0.447 e. The molecule has 2 aromatic carbocycles. The third-order valence-electron chi connectivity index (χ3n) is 4.06.